The van der Waals surface area contributed by atoms with E-state index >= 15 is 0 Å². The van der Waals surface area contributed by atoms with Gasteiger partial charge in [-0.3, -0.25) is 0 Å². The fourth-order valence-electron chi connectivity index (χ4n) is 4.56. The first-order chi connectivity index (χ1) is 18.1. The molecule has 192 valence electrons. The zero-order valence-electron chi connectivity index (χ0n) is 19.5. The fraction of sp³-hybridized carbons (Fsp3) is 0.320. The smallest absolute Gasteiger partial charge is 0.184 e. The Bertz CT molecular complexity index is 1350. The topological polar surface area (TPSA) is 80.5 Å². The molecule has 0 saturated carbocycles. The van der Waals surface area contributed by atoms with Crippen LogP contribution < -0.4 is 0 Å². The summed E-state index contributed by atoms with van der Waals surface area (Å²) in [5, 5.41) is 11.8. The molecule has 2 saturated heterocycles. The molecule has 0 radical (unpaired) electrons. The maximum absolute atomic E-state index is 14.6. The van der Waals surface area contributed by atoms with E-state index in [0.717, 1.165) is 10.6 Å². The normalized spacial score (nSPS) is 27.6. The van der Waals surface area contributed by atoms with Crippen LogP contribution >= 0.6 is 34.7 Å². The van der Waals surface area contributed by atoms with Gasteiger partial charge in [0.25, 0.3) is 0 Å². The molecule has 4 heterocycles. The predicted octanol–water partition coefficient (Wildman–Crippen LogP) is 5.38. The molecule has 6 rings (SSSR count). The third-order valence-electron chi connectivity index (χ3n) is 6.26. The lowest BCUT2D eigenvalue weighted by Gasteiger charge is -2.48. The van der Waals surface area contributed by atoms with Crippen LogP contribution in [0.25, 0.3) is 10.7 Å². The largest absolute Gasteiger partial charge is 0.375 e. The van der Waals surface area contributed by atoms with Crippen LogP contribution in [-0.4, -0.2) is 57.4 Å². The Morgan fingerprint density at radius 2 is 2.05 bits per heavy atom. The summed E-state index contributed by atoms with van der Waals surface area (Å²) in [6, 6.07) is 13.7. The maximum Gasteiger partial charge on any atom is 0.184 e. The van der Waals surface area contributed by atoms with Gasteiger partial charge in [-0.1, -0.05) is 58.9 Å². The Labute approximate surface area is 225 Å². The van der Waals surface area contributed by atoms with Gasteiger partial charge >= 0.3 is 0 Å². The van der Waals surface area contributed by atoms with Crippen LogP contribution in [0.15, 0.2) is 71.2 Å². The molecule has 2 aromatic heterocycles. The number of fused-ring (bicyclic) bond motifs is 1. The van der Waals surface area contributed by atoms with Crippen LogP contribution in [0.1, 0.15) is 17.9 Å². The Morgan fingerprint density at radius 3 is 2.84 bits per heavy atom. The van der Waals surface area contributed by atoms with Crippen molar-refractivity contribution in [2.24, 2.45) is 0 Å². The number of methoxy groups -OCH3 is 1. The summed E-state index contributed by atoms with van der Waals surface area (Å²) in [5.74, 6) is -0.390. The van der Waals surface area contributed by atoms with Gasteiger partial charge in [0, 0.05) is 34.2 Å². The van der Waals surface area contributed by atoms with Crippen molar-refractivity contribution in [3.8, 4) is 10.7 Å². The summed E-state index contributed by atoms with van der Waals surface area (Å²) in [4.78, 5) is 4.70. The highest BCUT2D eigenvalue weighted by atomic mass is 35.5. The van der Waals surface area contributed by atoms with E-state index in [1.807, 2.05) is 41.9 Å². The van der Waals surface area contributed by atoms with Crippen molar-refractivity contribution in [3.05, 3.63) is 82.7 Å². The molecular weight excluding hydrogens is 539 g/mol. The van der Waals surface area contributed by atoms with Crippen LogP contribution in [-0.2, 0) is 18.9 Å². The van der Waals surface area contributed by atoms with Crippen molar-refractivity contribution in [1.82, 2.24) is 20.0 Å². The first kappa shape index (κ1) is 24.9. The number of aromatic nitrogens is 4. The summed E-state index contributed by atoms with van der Waals surface area (Å²) < 4.78 is 41.3. The quantitative estimate of drug-likeness (QED) is 0.311. The molecule has 0 amide bonds. The van der Waals surface area contributed by atoms with Crippen LogP contribution in [0, 0.1) is 5.82 Å². The number of nitrogens with zero attached hydrogens (tertiary/aromatic N) is 4. The number of thiazole rings is 1. The number of ether oxygens (including phenoxy) is 4. The minimum atomic E-state index is -0.600. The van der Waals surface area contributed by atoms with E-state index in [1.165, 1.54) is 35.2 Å². The van der Waals surface area contributed by atoms with E-state index in [9.17, 15) is 4.39 Å². The third-order valence-corrected chi connectivity index (χ3v) is 8.47. The number of benzene rings is 2. The first-order valence-electron chi connectivity index (χ1n) is 11.5. The molecule has 4 aromatic rings. The summed E-state index contributed by atoms with van der Waals surface area (Å²) in [6.07, 6.45) is 1.47. The summed E-state index contributed by atoms with van der Waals surface area (Å²) in [7, 11) is 1.59. The molecule has 2 aromatic carbocycles. The highest BCUT2D eigenvalue weighted by Crippen LogP contribution is 2.45. The van der Waals surface area contributed by atoms with E-state index in [-0.39, 0.29) is 6.61 Å². The molecule has 2 aliphatic rings. The van der Waals surface area contributed by atoms with Gasteiger partial charge in [0.15, 0.2) is 6.29 Å². The predicted molar refractivity (Wildman–Crippen MR) is 137 cm³/mol. The van der Waals surface area contributed by atoms with Gasteiger partial charge in [-0.15, -0.1) is 16.4 Å². The van der Waals surface area contributed by atoms with Crippen molar-refractivity contribution < 1.29 is 23.3 Å². The molecule has 3 unspecified atom stereocenters. The second-order valence-corrected chi connectivity index (χ2v) is 11.0. The zero-order chi connectivity index (χ0) is 25.4. The Balaban J connectivity index is 1.36. The average Bonchev–Trinajstić information content (AvgIpc) is 3.63. The van der Waals surface area contributed by atoms with Crippen molar-refractivity contribution >= 4 is 34.7 Å². The van der Waals surface area contributed by atoms with Crippen LogP contribution in [0.4, 0.5) is 4.39 Å². The first-order valence-corrected chi connectivity index (χ1v) is 13.7. The fourth-order valence-corrected chi connectivity index (χ4v) is 6.61. The summed E-state index contributed by atoms with van der Waals surface area (Å²) in [5.41, 5.74) is 0.940. The molecule has 0 N–H and O–H groups in total. The lowest BCUT2D eigenvalue weighted by molar-refractivity contribution is -0.308. The molecule has 0 bridgehead atoms. The Morgan fingerprint density at radius 1 is 1.19 bits per heavy atom. The molecule has 6 atom stereocenters. The van der Waals surface area contributed by atoms with Gasteiger partial charge in [0.05, 0.1) is 12.8 Å². The molecular formula is C25H22ClFN4O4S2. The Kier molecular flexibility index (Phi) is 7.26. The maximum atomic E-state index is 14.6. The minimum absolute atomic E-state index is 0.278. The van der Waals surface area contributed by atoms with Gasteiger partial charge in [-0.25, -0.2) is 14.1 Å². The van der Waals surface area contributed by atoms with E-state index < -0.39 is 41.9 Å². The second-order valence-electron chi connectivity index (χ2n) is 8.52. The van der Waals surface area contributed by atoms with Gasteiger partial charge in [0.1, 0.15) is 46.3 Å². The SMILES string of the molecule is COC1[C@@H](Sc2cc(Cl)ccc2F)OC2COC(c3ccccc3)O[C@@H]2[C@@H]1n1cc(-c2nccs2)nn1. The zero-order valence-corrected chi connectivity index (χ0v) is 21.9. The summed E-state index contributed by atoms with van der Waals surface area (Å²) in [6.45, 7) is 0.278. The van der Waals surface area contributed by atoms with E-state index in [2.05, 4.69) is 15.3 Å². The summed E-state index contributed by atoms with van der Waals surface area (Å²) >= 11 is 8.83. The van der Waals surface area contributed by atoms with Gasteiger partial charge in [-0.2, -0.15) is 0 Å². The minimum Gasteiger partial charge on any atom is -0.375 e. The second kappa shape index (κ2) is 10.8. The Hall–Kier alpha value is -2.38. The number of hydrogen-bond acceptors (Lipinski definition) is 9. The lowest BCUT2D eigenvalue weighted by Crippen LogP contribution is -2.59. The highest BCUT2D eigenvalue weighted by molar-refractivity contribution is 7.99. The average molecular weight is 561 g/mol. The van der Waals surface area contributed by atoms with E-state index in [4.69, 9.17) is 30.5 Å². The van der Waals surface area contributed by atoms with Crippen molar-refractivity contribution in [2.75, 3.05) is 13.7 Å². The van der Waals surface area contributed by atoms with Crippen molar-refractivity contribution in [2.45, 2.75) is 41.0 Å². The number of rotatable bonds is 6. The molecule has 2 fully saturated rings. The number of hydrogen-bond donors (Lipinski definition) is 0. The molecule has 2 aliphatic heterocycles. The molecule has 0 spiro atoms. The van der Waals surface area contributed by atoms with E-state index in [0.29, 0.717) is 15.6 Å². The standard InChI is InChI=1S/C25H22ClFN4O4S2/c1-32-22-20(31-12-17(29-30-31)23-28-9-10-36-23)21-18(13-33-24(35-21)14-5-3-2-4-6-14)34-25(22)37-19-11-15(26)7-8-16(19)27/h2-12,18,20-22,24-25H,13H2,1H3/t18?,20-,21-,22?,24?,25+/m0/s1. The number of halogens is 2. The van der Waals surface area contributed by atoms with Gasteiger partial charge < -0.3 is 18.9 Å². The van der Waals surface area contributed by atoms with Crippen LogP contribution in [0.2, 0.25) is 5.02 Å². The monoisotopic (exact) mass is 560 g/mol. The van der Waals surface area contributed by atoms with Crippen molar-refractivity contribution in [3.63, 3.8) is 0 Å². The lowest BCUT2D eigenvalue weighted by atomic mass is 9.96. The van der Waals surface area contributed by atoms with Crippen LogP contribution in [0.5, 0.6) is 0 Å². The molecule has 0 aliphatic carbocycles. The molecule has 37 heavy (non-hydrogen) atoms. The van der Waals surface area contributed by atoms with Gasteiger partial charge in [0.2, 0.25) is 0 Å². The van der Waals surface area contributed by atoms with E-state index in [1.54, 1.807) is 24.1 Å². The third kappa shape index (κ3) is 5.05. The highest BCUT2D eigenvalue weighted by Gasteiger charge is 2.52. The van der Waals surface area contributed by atoms with Gasteiger partial charge in [-0.05, 0) is 18.2 Å². The van der Waals surface area contributed by atoms with Crippen LogP contribution in [0.3, 0.4) is 0 Å². The number of thioether (sulfide) groups is 1. The molecule has 12 heteroatoms. The molecule has 8 nitrogen and oxygen atoms in total. The van der Waals surface area contributed by atoms with Crippen molar-refractivity contribution in [1.29, 1.82) is 0 Å².